The third-order valence-electron chi connectivity index (χ3n) is 24.2. The lowest BCUT2D eigenvalue weighted by Gasteiger charge is -2.28. The van der Waals surface area contributed by atoms with E-state index >= 15 is 0 Å². The highest BCUT2D eigenvalue weighted by molar-refractivity contribution is 6.18. The number of rotatable bonds is 13. The monoisotopic (exact) mass is 1500 g/mol. The van der Waals surface area contributed by atoms with Gasteiger partial charge in [-0.05, 0) is 208 Å². The van der Waals surface area contributed by atoms with Crippen LogP contribution in [0, 0.1) is 0 Å². The fourth-order valence-electron chi connectivity index (χ4n) is 18.6. The summed E-state index contributed by atoms with van der Waals surface area (Å²) in [5.74, 6) is 0. The SMILES string of the molecule is c1cc(-c2ccc(N(c3ccc4c(c3)oc3ccccc34)c3ccccc3-c3cccc4c3oc3cc5ccc(-c6cccc7c(-c8ccc(-c9ccc(N(c%10ccc%11c(c%10)oc%10ccccc%10%11)c%10ccccc%10-c%10cccc%11c%10oc%10cc%12ccccc%12cc%10%11)cc9)cc8)cccc67)cc5cc34)cc2)cc(-c2cccc3ccccc23)c1. The summed E-state index contributed by atoms with van der Waals surface area (Å²) in [6, 6.07) is 149. The number of hydrogen-bond donors (Lipinski definition) is 0. The van der Waals surface area contributed by atoms with Crippen LogP contribution in [0.3, 0.4) is 0 Å². The second kappa shape index (κ2) is 27.0. The first-order chi connectivity index (χ1) is 58.4. The van der Waals surface area contributed by atoms with Crippen LogP contribution in [0.5, 0.6) is 0 Å². The molecule has 118 heavy (non-hydrogen) atoms. The molecule has 4 heterocycles. The first kappa shape index (κ1) is 66.8. The van der Waals surface area contributed by atoms with E-state index in [1.165, 1.54) is 49.2 Å². The van der Waals surface area contributed by atoms with Crippen LogP contribution in [0.15, 0.2) is 430 Å². The molecule has 24 aromatic rings. The van der Waals surface area contributed by atoms with Crippen LogP contribution in [-0.4, -0.2) is 0 Å². The Balaban J connectivity index is 0.547. The molecule has 0 unspecified atom stereocenters. The van der Waals surface area contributed by atoms with E-state index in [4.69, 9.17) is 17.7 Å². The Morgan fingerprint density at radius 2 is 0.492 bits per heavy atom. The molecule has 6 nitrogen and oxygen atoms in total. The summed E-state index contributed by atoms with van der Waals surface area (Å²) in [5.41, 5.74) is 28.4. The molecule has 6 heteroatoms. The smallest absolute Gasteiger partial charge is 0.143 e. The molecule has 4 aromatic heterocycles. The van der Waals surface area contributed by atoms with Gasteiger partial charge < -0.3 is 27.5 Å². The van der Waals surface area contributed by atoms with Gasteiger partial charge in [-0.2, -0.15) is 0 Å². The third-order valence-corrected chi connectivity index (χ3v) is 24.2. The van der Waals surface area contributed by atoms with Crippen LogP contribution in [0.4, 0.5) is 34.1 Å². The summed E-state index contributed by atoms with van der Waals surface area (Å²) < 4.78 is 27.2. The predicted molar refractivity (Wildman–Crippen MR) is 493 cm³/mol. The molecule has 0 atom stereocenters. The van der Waals surface area contributed by atoms with Crippen molar-refractivity contribution >= 4 is 165 Å². The molecule has 0 aliphatic rings. The summed E-state index contributed by atoms with van der Waals surface area (Å²) in [6.07, 6.45) is 0. The van der Waals surface area contributed by atoms with Crippen LogP contribution < -0.4 is 9.80 Å². The molecule has 0 radical (unpaired) electrons. The molecule has 0 aliphatic carbocycles. The third kappa shape index (κ3) is 11.0. The van der Waals surface area contributed by atoms with Crippen molar-refractivity contribution in [1.29, 1.82) is 0 Å². The second-order valence-corrected chi connectivity index (χ2v) is 30.9. The van der Waals surface area contributed by atoms with Gasteiger partial charge in [0.2, 0.25) is 0 Å². The standard InChI is InChI=1S/C112H68N2O4/c1-2-21-76-65-107-101(63-75(76)20-1)99-37-17-35-97(111(99)117-107)91-26-5-9-39-103(91)113(83-57-59-95-93-28-7-11-41-105(93)115-109(95)67-83)81-53-49-70(50-54-81)69-43-45-73(46-44-69)86-31-15-34-90-88(32-16-33-89(86)90)79-48-47-77-66-108-102(64-80(77)62-79)100-38-18-36-98(112(100)118-108)92-27-6-10-40-104(92)114(84-58-60-96-94-29-8-12-42-106(94)116-110(96)68-84)82-55-51-71(52-56-82)74-23-13-24-78(61-74)87-30-14-22-72-19-3-4-25-85(72)87/h1-68H. The van der Waals surface area contributed by atoms with Gasteiger partial charge in [-0.3, -0.25) is 0 Å². The minimum atomic E-state index is 0.826. The molecular weight excluding hydrogens is 1440 g/mol. The molecule has 0 bridgehead atoms. The van der Waals surface area contributed by atoms with Crippen LogP contribution >= 0.6 is 0 Å². The number of para-hydroxylation sites is 6. The zero-order chi connectivity index (χ0) is 77.5. The predicted octanol–water partition coefficient (Wildman–Crippen LogP) is 32.5. The number of nitrogens with zero attached hydrogens (tertiary/aromatic N) is 2. The number of anilines is 6. The number of hydrogen-bond acceptors (Lipinski definition) is 6. The quantitative estimate of drug-likeness (QED) is 0.115. The molecule has 0 amide bonds. The van der Waals surface area contributed by atoms with E-state index in [2.05, 4.69) is 398 Å². The van der Waals surface area contributed by atoms with E-state index < -0.39 is 0 Å². The highest BCUT2D eigenvalue weighted by atomic mass is 16.3. The second-order valence-electron chi connectivity index (χ2n) is 30.9. The minimum Gasteiger partial charge on any atom is -0.456 e. The first-order valence-corrected chi connectivity index (χ1v) is 40.2. The van der Waals surface area contributed by atoms with Crippen molar-refractivity contribution in [2.75, 3.05) is 9.80 Å². The van der Waals surface area contributed by atoms with Crippen LogP contribution in [0.1, 0.15) is 0 Å². The van der Waals surface area contributed by atoms with Crippen LogP contribution in [-0.2, 0) is 0 Å². The summed E-state index contributed by atoms with van der Waals surface area (Å²) in [6.45, 7) is 0. The van der Waals surface area contributed by atoms with Gasteiger partial charge in [0.1, 0.15) is 44.7 Å². The maximum atomic E-state index is 7.14. The molecule has 550 valence electrons. The summed E-state index contributed by atoms with van der Waals surface area (Å²) in [5, 5.41) is 18.1. The van der Waals surface area contributed by atoms with E-state index in [0.717, 1.165) is 194 Å². The largest absolute Gasteiger partial charge is 0.456 e. The highest BCUT2D eigenvalue weighted by Gasteiger charge is 2.26. The Kier molecular flexibility index (Phi) is 15.3. The van der Waals surface area contributed by atoms with E-state index in [9.17, 15) is 0 Å². The molecular formula is C112H68N2O4. The zero-order valence-electron chi connectivity index (χ0n) is 63.8. The fraction of sp³-hybridized carbons (Fsp3) is 0. The maximum absolute atomic E-state index is 7.14. The van der Waals surface area contributed by atoms with Crippen molar-refractivity contribution < 1.29 is 17.7 Å². The Bertz CT molecular complexity index is 8200. The fourth-order valence-corrected chi connectivity index (χ4v) is 18.6. The minimum absolute atomic E-state index is 0.826. The average molecular weight is 1510 g/mol. The molecule has 0 saturated heterocycles. The van der Waals surface area contributed by atoms with Crippen molar-refractivity contribution in [2.24, 2.45) is 0 Å². The molecule has 0 saturated carbocycles. The molecule has 0 N–H and O–H groups in total. The van der Waals surface area contributed by atoms with E-state index in [1.807, 2.05) is 24.3 Å². The molecule has 24 rings (SSSR count). The van der Waals surface area contributed by atoms with E-state index in [0.29, 0.717) is 0 Å². The Morgan fingerprint density at radius 3 is 1.07 bits per heavy atom. The van der Waals surface area contributed by atoms with Crippen molar-refractivity contribution in [2.45, 2.75) is 0 Å². The average Bonchev–Trinajstić information content (AvgIpc) is 1.58. The Labute approximate surface area is 678 Å². The van der Waals surface area contributed by atoms with Crippen molar-refractivity contribution in [3.8, 4) is 77.9 Å². The lowest BCUT2D eigenvalue weighted by molar-refractivity contribution is 0.668. The molecule has 20 aromatic carbocycles. The number of fused-ring (bicyclic) bond motifs is 16. The van der Waals surface area contributed by atoms with Crippen LogP contribution in [0.2, 0.25) is 0 Å². The van der Waals surface area contributed by atoms with Crippen molar-refractivity contribution in [1.82, 2.24) is 0 Å². The lowest BCUT2D eigenvalue weighted by atomic mass is 9.91. The van der Waals surface area contributed by atoms with Gasteiger partial charge >= 0.3 is 0 Å². The Hall–Kier alpha value is -15.8. The van der Waals surface area contributed by atoms with Gasteiger partial charge in [0.15, 0.2) is 0 Å². The van der Waals surface area contributed by atoms with Gasteiger partial charge in [0.25, 0.3) is 0 Å². The zero-order valence-corrected chi connectivity index (χ0v) is 63.8. The van der Waals surface area contributed by atoms with Gasteiger partial charge in [-0.25, -0.2) is 0 Å². The van der Waals surface area contributed by atoms with E-state index in [1.54, 1.807) is 0 Å². The summed E-state index contributed by atoms with van der Waals surface area (Å²) >= 11 is 0. The lowest BCUT2D eigenvalue weighted by Crippen LogP contribution is -2.11. The maximum Gasteiger partial charge on any atom is 0.143 e. The Morgan fingerprint density at radius 1 is 0.144 bits per heavy atom. The normalized spacial score (nSPS) is 11.9. The molecule has 0 spiro atoms. The highest BCUT2D eigenvalue weighted by Crippen LogP contribution is 2.50. The topological polar surface area (TPSA) is 59.0 Å². The number of benzene rings is 20. The van der Waals surface area contributed by atoms with E-state index in [-0.39, 0.29) is 0 Å². The van der Waals surface area contributed by atoms with Crippen LogP contribution in [0.25, 0.3) is 209 Å². The number of furan rings is 4. The van der Waals surface area contributed by atoms with Gasteiger partial charge in [-0.1, -0.05) is 291 Å². The van der Waals surface area contributed by atoms with Gasteiger partial charge in [0, 0.05) is 100 Å². The van der Waals surface area contributed by atoms with Crippen molar-refractivity contribution in [3.63, 3.8) is 0 Å². The molecule has 0 aliphatic heterocycles. The van der Waals surface area contributed by atoms with Gasteiger partial charge in [-0.15, -0.1) is 0 Å². The summed E-state index contributed by atoms with van der Waals surface area (Å²) in [7, 11) is 0. The molecule has 0 fully saturated rings. The van der Waals surface area contributed by atoms with Gasteiger partial charge in [0.05, 0.1) is 11.4 Å². The van der Waals surface area contributed by atoms with Crippen molar-refractivity contribution in [3.05, 3.63) is 413 Å². The first-order valence-electron chi connectivity index (χ1n) is 40.2. The summed E-state index contributed by atoms with van der Waals surface area (Å²) in [4.78, 5) is 4.71.